The number of thioether (sulfide) groups is 1. The number of aliphatic imine (C=N–C) groups is 1. The topological polar surface area (TPSA) is 89.5 Å². The van der Waals surface area contributed by atoms with Crippen molar-refractivity contribution < 1.29 is 9.72 Å². The molecule has 1 aromatic heterocycles. The summed E-state index contributed by atoms with van der Waals surface area (Å²) in [5.41, 5.74) is 5.98. The van der Waals surface area contributed by atoms with Crippen LogP contribution in [0.3, 0.4) is 0 Å². The van der Waals surface area contributed by atoms with Crippen LogP contribution in [0.5, 0.6) is 0 Å². The zero-order valence-electron chi connectivity index (χ0n) is 21.4. The van der Waals surface area contributed by atoms with Gasteiger partial charge in [-0.3, -0.25) is 14.9 Å². The number of halogens is 1. The molecule has 9 heteroatoms. The van der Waals surface area contributed by atoms with Gasteiger partial charge in [0.25, 0.3) is 11.6 Å². The number of nitro benzene ring substituents is 1. The van der Waals surface area contributed by atoms with Gasteiger partial charge in [-0.1, -0.05) is 82.7 Å². The lowest BCUT2D eigenvalue weighted by molar-refractivity contribution is -0.384. The average molecular weight is 622 g/mol. The van der Waals surface area contributed by atoms with E-state index in [0.29, 0.717) is 10.1 Å². The lowest BCUT2D eigenvalue weighted by atomic mass is 10.1. The molecule has 200 valence electrons. The summed E-state index contributed by atoms with van der Waals surface area (Å²) in [6.07, 6.45) is 1.88. The molecule has 0 unspecified atom stereocenters. The van der Waals surface area contributed by atoms with Gasteiger partial charge in [-0.15, -0.1) is 0 Å². The van der Waals surface area contributed by atoms with Crippen LogP contribution in [0, 0.1) is 10.1 Å². The molecule has 0 saturated carbocycles. The minimum Gasteiger partial charge on any atom is -0.309 e. The van der Waals surface area contributed by atoms with Gasteiger partial charge in [-0.25, -0.2) is 4.99 Å². The summed E-state index contributed by atoms with van der Waals surface area (Å²) in [6, 6.07) is 35.9. The van der Waals surface area contributed by atoms with Crippen molar-refractivity contribution in [3.63, 3.8) is 0 Å². The summed E-state index contributed by atoms with van der Waals surface area (Å²) in [5, 5.41) is 14.7. The highest BCUT2D eigenvalue weighted by molar-refractivity contribution is 9.10. The van der Waals surface area contributed by atoms with Crippen LogP contribution in [0.4, 0.5) is 11.4 Å². The standard InChI is InChI=1S/C32H21BrN4O3S/c33-24-12-7-13-25(20-24)34-32-35-31(38)29(41-32)19-23-18-28(21-8-3-1-4-9-21)36(30(23)22-10-5-2-6-11-22)26-14-16-27(17-15-26)37(39)40/h1-20H,(H,34,35,38)/b29-19+. The van der Waals surface area contributed by atoms with Crippen molar-refractivity contribution in [1.29, 1.82) is 0 Å². The Hall–Kier alpha value is -4.73. The van der Waals surface area contributed by atoms with E-state index in [2.05, 4.69) is 30.8 Å². The molecule has 6 rings (SSSR count). The summed E-state index contributed by atoms with van der Waals surface area (Å²) in [6.45, 7) is 0. The van der Waals surface area contributed by atoms with Crippen molar-refractivity contribution in [3.8, 4) is 28.2 Å². The highest BCUT2D eigenvalue weighted by Crippen LogP contribution is 2.39. The number of nitrogens with one attached hydrogen (secondary N) is 1. The summed E-state index contributed by atoms with van der Waals surface area (Å²) in [7, 11) is 0. The minimum atomic E-state index is -0.408. The molecule has 0 bridgehead atoms. The molecule has 0 spiro atoms. The summed E-state index contributed by atoms with van der Waals surface area (Å²) < 4.78 is 2.98. The first-order valence-corrected chi connectivity index (χ1v) is 14.2. The molecule has 1 fully saturated rings. The largest absolute Gasteiger partial charge is 0.309 e. The number of nitro groups is 1. The van der Waals surface area contributed by atoms with Gasteiger partial charge in [-0.2, -0.15) is 0 Å². The molecule has 4 aromatic carbocycles. The lowest BCUT2D eigenvalue weighted by Gasteiger charge is -2.15. The molecule has 2 heterocycles. The van der Waals surface area contributed by atoms with E-state index in [1.165, 1.54) is 23.9 Å². The second-order valence-corrected chi connectivity index (χ2v) is 11.1. The first-order valence-electron chi connectivity index (χ1n) is 12.6. The maximum absolute atomic E-state index is 13.1. The van der Waals surface area contributed by atoms with E-state index < -0.39 is 4.92 Å². The van der Waals surface area contributed by atoms with E-state index in [1.54, 1.807) is 12.1 Å². The second-order valence-electron chi connectivity index (χ2n) is 9.14. The van der Waals surface area contributed by atoms with Gasteiger partial charge in [0.15, 0.2) is 5.17 Å². The van der Waals surface area contributed by atoms with E-state index in [0.717, 1.165) is 43.9 Å². The molecule has 1 aliphatic heterocycles. The quantitative estimate of drug-likeness (QED) is 0.117. The molecule has 0 aliphatic carbocycles. The first-order chi connectivity index (χ1) is 20.0. The Bertz CT molecular complexity index is 1830. The number of benzene rings is 4. The zero-order valence-corrected chi connectivity index (χ0v) is 23.8. The fourth-order valence-electron chi connectivity index (χ4n) is 4.63. The molecule has 0 atom stereocenters. The Morgan fingerprint density at radius 2 is 1.54 bits per heavy atom. The van der Waals surface area contributed by atoms with Crippen molar-refractivity contribution in [2.75, 3.05) is 0 Å². The van der Waals surface area contributed by atoms with Crippen molar-refractivity contribution in [3.05, 3.63) is 140 Å². The number of aromatic nitrogens is 1. The van der Waals surface area contributed by atoms with Gasteiger partial charge >= 0.3 is 0 Å². The fourth-order valence-corrected chi connectivity index (χ4v) is 5.85. The number of carbonyl (C=O) groups is 1. The Kier molecular flexibility index (Phi) is 7.37. The summed E-state index contributed by atoms with van der Waals surface area (Å²) in [5.74, 6) is -0.230. The van der Waals surface area contributed by atoms with E-state index >= 15 is 0 Å². The van der Waals surface area contributed by atoms with Crippen molar-refractivity contribution in [2.24, 2.45) is 4.99 Å². The third kappa shape index (κ3) is 5.63. The smallest absolute Gasteiger partial charge is 0.269 e. The predicted octanol–water partition coefficient (Wildman–Crippen LogP) is 8.37. The number of amides is 1. The fraction of sp³-hybridized carbons (Fsp3) is 0. The maximum atomic E-state index is 13.1. The zero-order chi connectivity index (χ0) is 28.3. The molecule has 1 saturated heterocycles. The van der Waals surface area contributed by atoms with Crippen LogP contribution in [-0.4, -0.2) is 20.6 Å². The predicted molar refractivity (Wildman–Crippen MR) is 168 cm³/mol. The third-order valence-electron chi connectivity index (χ3n) is 6.44. The average Bonchev–Trinajstić information content (AvgIpc) is 3.53. The number of hydrogen-bond acceptors (Lipinski definition) is 5. The van der Waals surface area contributed by atoms with Crippen LogP contribution < -0.4 is 5.32 Å². The molecule has 1 N–H and O–H groups in total. The number of rotatable bonds is 6. The summed E-state index contributed by atoms with van der Waals surface area (Å²) >= 11 is 4.74. The van der Waals surface area contributed by atoms with Crippen LogP contribution in [-0.2, 0) is 4.79 Å². The maximum Gasteiger partial charge on any atom is 0.269 e. The number of hydrogen-bond donors (Lipinski definition) is 1. The van der Waals surface area contributed by atoms with Crippen molar-refractivity contribution in [1.82, 2.24) is 9.88 Å². The first kappa shape index (κ1) is 26.5. The van der Waals surface area contributed by atoms with Gasteiger partial charge in [0.1, 0.15) is 0 Å². The second kappa shape index (κ2) is 11.4. The number of amidine groups is 1. The molecule has 41 heavy (non-hydrogen) atoms. The Morgan fingerprint density at radius 3 is 2.20 bits per heavy atom. The Balaban J connectivity index is 1.53. The van der Waals surface area contributed by atoms with E-state index in [9.17, 15) is 14.9 Å². The van der Waals surface area contributed by atoms with Gasteiger partial charge in [-0.05, 0) is 65.4 Å². The normalized spacial score (nSPS) is 14.9. The van der Waals surface area contributed by atoms with Gasteiger partial charge in [0.05, 0.1) is 26.9 Å². The van der Waals surface area contributed by atoms with E-state index in [1.807, 2.05) is 97.1 Å². The summed E-state index contributed by atoms with van der Waals surface area (Å²) in [4.78, 5) is 29.1. The van der Waals surface area contributed by atoms with Gasteiger partial charge in [0, 0.05) is 27.9 Å². The molecule has 1 amide bonds. The molecular weight excluding hydrogens is 600 g/mol. The molecular formula is C32H21BrN4O3S. The van der Waals surface area contributed by atoms with Gasteiger partial charge in [0.2, 0.25) is 0 Å². The Labute approximate surface area is 248 Å². The van der Waals surface area contributed by atoms with Crippen molar-refractivity contribution >= 4 is 56.2 Å². The number of nitrogens with zero attached hydrogens (tertiary/aromatic N) is 3. The number of non-ortho nitro benzene ring substituents is 1. The van der Waals surface area contributed by atoms with E-state index in [4.69, 9.17) is 0 Å². The number of carbonyl (C=O) groups excluding carboxylic acids is 1. The van der Waals surface area contributed by atoms with Crippen LogP contribution in [0.15, 0.2) is 130 Å². The molecule has 1 aliphatic rings. The molecule has 0 radical (unpaired) electrons. The minimum absolute atomic E-state index is 0.0158. The highest BCUT2D eigenvalue weighted by Gasteiger charge is 2.26. The molecule has 5 aromatic rings. The lowest BCUT2D eigenvalue weighted by Crippen LogP contribution is -2.19. The third-order valence-corrected chi connectivity index (χ3v) is 7.85. The molecule has 7 nitrogen and oxygen atoms in total. The van der Waals surface area contributed by atoms with Crippen LogP contribution in [0.1, 0.15) is 5.56 Å². The van der Waals surface area contributed by atoms with Gasteiger partial charge < -0.3 is 9.88 Å². The highest BCUT2D eigenvalue weighted by atomic mass is 79.9. The Morgan fingerprint density at radius 1 is 0.854 bits per heavy atom. The van der Waals surface area contributed by atoms with Crippen LogP contribution in [0.2, 0.25) is 0 Å². The monoisotopic (exact) mass is 620 g/mol. The van der Waals surface area contributed by atoms with Crippen LogP contribution >= 0.6 is 27.7 Å². The van der Waals surface area contributed by atoms with E-state index in [-0.39, 0.29) is 11.6 Å². The van der Waals surface area contributed by atoms with Crippen molar-refractivity contribution in [2.45, 2.75) is 0 Å². The SMILES string of the molecule is O=C1NC(=Nc2cccc(Br)c2)S/C1=C/c1cc(-c2ccccc2)n(-c2ccc([N+](=O)[O-])cc2)c1-c1ccccc1. The van der Waals surface area contributed by atoms with Crippen LogP contribution in [0.25, 0.3) is 34.3 Å².